The topological polar surface area (TPSA) is 49.3 Å². The van der Waals surface area contributed by atoms with Gasteiger partial charge in [0.1, 0.15) is 0 Å². The number of carbonyl (C=O) groups is 1. The first-order valence-electron chi connectivity index (χ1n) is 8.11. The van der Waals surface area contributed by atoms with Crippen LogP contribution in [-0.2, 0) is 4.79 Å². The van der Waals surface area contributed by atoms with Crippen molar-refractivity contribution in [1.82, 2.24) is 5.32 Å². The highest BCUT2D eigenvalue weighted by Crippen LogP contribution is 2.30. The summed E-state index contributed by atoms with van der Waals surface area (Å²) in [5.41, 5.74) is 0.370. The number of aliphatic hydroxyl groups is 1. The molecule has 1 aliphatic carbocycles. The number of hydrogen-bond donors (Lipinski definition) is 2. The van der Waals surface area contributed by atoms with E-state index in [1.807, 2.05) is 30.3 Å². The highest BCUT2D eigenvalue weighted by atomic mass is 16.3. The van der Waals surface area contributed by atoms with Gasteiger partial charge in [-0.05, 0) is 24.3 Å². The van der Waals surface area contributed by atoms with Crippen molar-refractivity contribution >= 4 is 5.91 Å². The molecular formula is C18H27NO2. The molecule has 0 bridgehead atoms. The zero-order chi connectivity index (χ0) is 15.3. The van der Waals surface area contributed by atoms with E-state index in [0.717, 1.165) is 37.7 Å². The van der Waals surface area contributed by atoms with Crippen molar-refractivity contribution in [3.8, 4) is 0 Å². The van der Waals surface area contributed by atoms with E-state index in [-0.39, 0.29) is 17.7 Å². The van der Waals surface area contributed by atoms with Gasteiger partial charge in [0.05, 0.1) is 11.5 Å². The zero-order valence-electron chi connectivity index (χ0n) is 13.1. The van der Waals surface area contributed by atoms with Gasteiger partial charge in [-0.15, -0.1) is 0 Å². The SMILES string of the molecule is CCC(C)C(C(=O)NCC1(O)CCCC1)c1ccccc1. The molecule has 1 aromatic rings. The van der Waals surface area contributed by atoms with E-state index in [9.17, 15) is 9.90 Å². The maximum atomic E-state index is 12.6. The molecule has 116 valence electrons. The Balaban J connectivity index is 2.04. The summed E-state index contributed by atoms with van der Waals surface area (Å²) in [6, 6.07) is 9.95. The minimum Gasteiger partial charge on any atom is -0.388 e. The molecule has 1 amide bonds. The zero-order valence-corrected chi connectivity index (χ0v) is 13.1. The van der Waals surface area contributed by atoms with Gasteiger partial charge in [0.25, 0.3) is 0 Å². The van der Waals surface area contributed by atoms with E-state index in [1.54, 1.807) is 0 Å². The number of hydrogen-bond acceptors (Lipinski definition) is 2. The van der Waals surface area contributed by atoms with Crippen molar-refractivity contribution in [2.75, 3.05) is 6.54 Å². The minimum absolute atomic E-state index is 0.0378. The Bertz CT molecular complexity index is 452. The molecule has 0 saturated heterocycles. The van der Waals surface area contributed by atoms with Crippen LogP contribution in [0.3, 0.4) is 0 Å². The molecule has 0 aromatic heterocycles. The lowest BCUT2D eigenvalue weighted by Gasteiger charge is -2.27. The van der Waals surface area contributed by atoms with E-state index < -0.39 is 5.60 Å². The van der Waals surface area contributed by atoms with Crippen LogP contribution in [0.2, 0.25) is 0 Å². The molecule has 0 aliphatic heterocycles. The lowest BCUT2D eigenvalue weighted by Crippen LogP contribution is -2.43. The number of carbonyl (C=O) groups excluding carboxylic acids is 1. The van der Waals surface area contributed by atoms with Crippen LogP contribution in [0, 0.1) is 5.92 Å². The van der Waals surface area contributed by atoms with Gasteiger partial charge in [0.2, 0.25) is 5.91 Å². The molecule has 2 unspecified atom stereocenters. The fourth-order valence-electron chi connectivity index (χ4n) is 3.21. The first-order valence-corrected chi connectivity index (χ1v) is 8.11. The summed E-state index contributed by atoms with van der Waals surface area (Å²) >= 11 is 0. The fraction of sp³-hybridized carbons (Fsp3) is 0.611. The molecule has 0 heterocycles. The predicted octanol–water partition coefficient (Wildman–Crippen LogP) is 3.24. The molecule has 0 radical (unpaired) electrons. The highest BCUT2D eigenvalue weighted by Gasteiger charge is 2.33. The molecule has 2 atom stereocenters. The Morgan fingerprint density at radius 2 is 1.90 bits per heavy atom. The summed E-state index contributed by atoms with van der Waals surface area (Å²) in [5.74, 6) is 0.183. The molecular weight excluding hydrogens is 262 g/mol. The first kappa shape index (κ1) is 16.0. The van der Waals surface area contributed by atoms with Gasteiger partial charge >= 0.3 is 0 Å². The molecule has 2 N–H and O–H groups in total. The van der Waals surface area contributed by atoms with E-state index in [1.165, 1.54) is 0 Å². The van der Waals surface area contributed by atoms with E-state index in [4.69, 9.17) is 0 Å². The number of amides is 1. The van der Waals surface area contributed by atoms with Crippen molar-refractivity contribution in [1.29, 1.82) is 0 Å². The summed E-state index contributed by atoms with van der Waals surface area (Å²) in [6.45, 7) is 4.60. The molecule has 2 rings (SSSR count). The third kappa shape index (κ3) is 4.07. The average Bonchev–Trinajstić information content (AvgIpc) is 2.93. The monoisotopic (exact) mass is 289 g/mol. The van der Waals surface area contributed by atoms with Crippen LogP contribution in [0.25, 0.3) is 0 Å². The Morgan fingerprint density at radius 1 is 1.29 bits per heavy atom. The molecule has 1 saturated carbocycles. The van der Waals surface area contributed by atoms with Crippen LogP contribution in [0.15, 0.2) is 30.3 Å². The summed E-state index contributed by atoms with van der Waals surface area (Å²) in [7, 11) is 0. The van der Waals surface area contributed by atoms with Crippen molar-refractivity contribution in [2.45, 2.75) is 57.5 Å². The maximum absolute atomic E-state index is 12.6. The number of nitrogens with one attached hydrogen (secondary N) is 1. The van der Waals surface area contributed by atoms with Crippen LogP contribution in [0.4, 0.5) is 0 Å². The van der Waals surface area contributed by atoms with E-state index in [0.29, 0.717) is 6.54 Å². The maximum Gasteiger partial charge on any atom is 0.227 e. The number of rotatable bonds is 6. The smallest absolute Gasteiger partial charge is 0.227 e. The second-order valence-corrected chi connectivity index (χ2v) is 6.42. The minimum atomic E-state index is -0.688. The van der Waals surface area contributed by atoms with Crippen molar-refractivity contribution in [2.24, 2.45) is 5.92 Å². The Hall–Kier alpha value is -1.35. The summed E-state index contributed by atoms with van der Waals surface area (Å²) in [5, 5.41) is 13.4. The van der Waals surface area contributed by atoms with E-state index in [2.05, 4.69) is 19.2 Å². The largest absolute Gasteiger partial charge is 0.388 e. The van der Waals surface area contributed by atoms with Crippen LogP contribution in [0.5, 0.6) is 0 Å². The molecule has 1 fully saturated rings. The summed E-state index contributed by atoms with van der Waals surface area (Å²) in [6.07, 6.45) is 4.66. The Morgan fingerprint density at radius 3 is 2.48 bits per heavy atom. The molecule has 21 heavy (non-hydrogen) atoms. The van der Waals surface area contributed by atoms with Gasteiger partial charge in [-0.25, -0.2) is 0 Å². The van der Waals surface area contributed by atoms with Crippen LogP contribution < -0.4 is 5.32 Å². The van der Waals surface area contributed by atoms with Gasteiger partial charge in [-0.1, -0.05) is 63.4 Å². The van der Waals surface area contributed by atoms with Crippen LogP contribution in [-0.4, -0.2) is 23.2 Å². The van der Waals surface area contributed by atoms with Gasteiger partial charge in [-0.3, -0.25) is 4.79 Å². The third-order valence-electron chi connectivity index (χ3n) is 4.78. The predicted molar refractivity (Wildman–Crippen MR) is 85.1 cm³/mol. The molecule has 1 aromatic carbocycles. The summed E-state index contributed by atoms with van der Waals surface area (Å²) in [4.78, 5) is 12.6. The molecule has 0 spiro atoms. The second kappa shape index (κ2) is 7.08. The number of benzene rings is 1. The second-order valence-electron chi connectivity index (χ2n) is 6.42. The Labute approximate surface area is 127 Å². The van der Waals surface area contributed by atoms with E-state index >= 15 is 0 Å². The average molecular weight is 289 g/mol. The molecule has 3 nitrogen and oxygen atoms in total. The lowest BCUT2D eigenvalue weighted by atomic mass is 9.84. The quantitative estimate of drug-likeness (QED) is 0.844. The first-order chi connectivity index (χ1) is 10.1. The van der Waals surface area contributed by atoms with Crippen molar-refractivity contribution in [3.63, 3.8) is 0 Å². The van der Waals surface area contributed by atoms with Gasteiger partial charge < -0.3 is 10.4 Å². The van der Waals surface area contributed by atoms with Crippen LogP contribution >= 0.6 is 0 Å². The van der Waals surface area contributed by atoms with Gasteiger partial charge in [0.15, 0.2) is 0 Å². The molecule has 1 aliphatic rings. The lowest BCUT2D eigenvalue weighted by molar-refractivity contribution is -0.124. The van der Waals surface area contributed by atoms with Gasteiger partial charge in [0, 0.05) is 6.54 Å². The highest BCUT2D eigenvalue weighted by molar-refractivity contribution is 5.84. The van der Waals surface area contributed by atoms with Gasteiger partial charge in [-0.2, -0.15) is 0 Å². The Kier molecular flexibility index (Phi) is 5.40. The van der Waals surface area contributed by atoms with Crippen molar-refractivity contribution < 1.29 is 9.90 Å². The van der Waals surface area contributed by atoms with Crippen LogP contribution in [0.1, 0.15) is 57.4 Å². The fourth-order valence-corrected chi connectivity index (χ4v) is 3.21. The standard InChI is InChI=1S/C18H27NO2/c1-3-14(2)16(15-9-5-4-6-10-15)17(20)19-13-18(21)11-7-8-12-18/h4-6,9-10,14,16,21H,3,7-8,11-13H2,1-2H3,(H,19,20). The molecule has 3 heteroatoms. The third-order valence-corrected chi connectivity index (χ3v) is 4.78. The summed E-state index contributed by atoms with van der Waals surface area (Å²) < 4.78 is 0. The normalized spacial score (nSPS) is 20.0. The van der Waals surface area contributed by atoms with Crippen molar-refractivity contribution in [3.05, 3.63) is 35.9 Å².